The number of benzene rings is 1. The summed E-state index contributed by atoms with van der Waals surface area (Å²) >= 11 is 0. The van der Waals surface area contributed by atoms with Crippen LogP contribution in [0, 0.1) is 0 Å². The highest BCUT2D eigenvalue weighted by atomic mass is 16.7. The second-order valence-corrected chi connectivity index (χ2v) is 6.16. The molecule has 2 N–H and O–H groups in total. The molecule has 3 rings (SSSR count). The monoisotopic (exact) mass is 336 g/mol. The van der Waals surface area contributed by atoms with E-state index >= 15 is 0 Å². The molecule has 132 valence electrons. The molecular weight excluding hydrogens is 312 g/mol. The molecule has 1 unspecified atom stereocenters. The van der Waals surface area contributed by atoms with Crippen LogP contribution in [-0.2, 0) is 15.9 Å². The summed E-state index contributed by atoms with van der Waals surface area (Å²) in [6, 6.07) is 3.40. The van der Waals surface area contributed by atoms with E-state index in [2.05, 4.69) is 10.6 Å². The van der Waals surface area contributed by atoms with Crippen molar-refractivity contribution in [2.24, 2.45) is 0 Å². The standard InChI is InChI=1S/C17H24N2O5/c1-4-21-15-8-12-7-11(2)24-14(12)9-13(15)19-16(20)18-10-17(3)22-5-6-23-17/h8-9,11H,4-7,10H2,1-3H3,(H2,18,19,20). The predicted molar refractivity (Wildman–Crippen MR) is 88.7 cm³/mol. The van der Waals surface area contributed by atoms with E-state index in [-0.39, 0.29) is 18.7 Å². The van der Waals surface area contributed by atoms with Gasteiger partial charge >= 0.3 is 6.03 Å². The van der Waals surface area contributed by atoms with Gasteiger partial charge in [0.15, 0.2) is 5.79 Å². The first-order valence-corrected chi connectivity index (χ1v) is 8.28. The van der Waals surface area contributed by atoms with Gasteiger partial charge in [0, 0.05) is 18.1 Å². The Morgan fingerprint density at radius 2 is 2.12 bits per heavy atom. The fraction of sp³-hybridized carbons (Fsp3) is 0.588. The van der Waals surface area contributed by atoms with Gasteiger partial charge in [0.2, 0.25) is 0 Å². The molecule has 0 bridgehead atoms. The van der Waals surface area contributed by atoms with Gasteiger partial charge in [0.05, 0.1) is 32.1 Å². The van der Waals surface area contributed by atoms with Crippen LogP contribution < -0.4 is 20.1 Å². The smallest absolute Gasteiger partial charge is 0.319 e. The minimum Gasteiger partial charge on any atom is -0.492 e. The van der Waals surface area contributed by atoms with Crippen molar-refractivity contribution in [1.29, 1.82) is 0 Å². The molecule has 2 aliphatic heterocycles. The maximum absolute atomic E-state index is 12.2. The molecule has 1 saturated heterocycles. The quantitative estimate of drug-likeness (QED) is 0.863. The van der Waals surface area contributed by atoms with Crippen molar-refractivity contribution in [3.05, 3.63) is 17.7 Å². The van der Waals surface area contributed by atoms with E-state index < -0.39 is 5.79 Å². The number of anilines is 1. The lowest BCUT2D eigenvalue weighted by atomic mass is 10.1. The largest absolute Gasteiger partial charge is 0.492 e. The molecule has 2 heterocycles. The number of hydrogen-bond donors (Lipinski definition) is 2. The third kappa shape index (κ3) is 3.73. The van der Waals surface area contributed by atoms with Gasteiger partial charge in [-0.25, -0.2) is 4.79 Å². The molecule has 1 aromatic rings. The van der Waals surface area contributed by atoms with E-state index in [9.17, 15) is 4.79 Å². The van der Waals surface area contributed by atoms with Crippen LogP contribution in [0.4, 0.5) is 10.5 Å². The first-order valence-electron chi connectivity index (χ1n) is 8.28. The molecular formula is C17H24N2O5. The van der Waals surface area contributed by atoms with Crippen molar-refractivity contribution < 1.29 is 23.7 Å². The number of ether oxygens (including phenoxy) is 4. The van der Waals surface area contributed by atoms with Crippen molar-refractivity contribution in [2.45, 2.75) is 39.1 Å². The minimum absolute atomic E-state index is 0.134. The summed E-state index contributed by atoms with van der Waals surface area (Å²) < 4.78 is 22.3. The average Bonchev–Trinajstić information content (AvgIpc) is 3.11. The summed E-state index contributed by atoms with van der Waals surface area (Å²) in [5.74, 6) is 0.663. The van der Waals surface area contributed by atoms with Crippen molar-refractivity contribution >= 4 is 11.7 Å². The van der Waals surface area contributed by atoms with E-state index in [0.29, 0.717) is 31.3 Å². The first-order chi connectivity index (χ1) is 11.5. The number of nitrogens with one attached hydrogen (secondary N) is 2. The van der Waals surface area contributed by atoms with Crippen LogP contribution in [-0.4, -0.2) is 44.3 Å². The van der Waals surface area contributed by atoms with Crippen molar-refractivity contribution in [3.8, 4) is 11.5 Å². The summed E-state index contributed by atoms with van der Waals surface area (Å²) in [6.07, 6.45) is 0.977. The molecule has 0 aromatic heterocycles. The van der Waals surface area contributed by atoms with Crippen LogP contribution in [0.1, 0.15) is 26.3 Å². The lowest BCUT2D eigenvalue weighted by Gasteiger charge is -2.22. The second-order valence-electron chi connectivity index (χ2n) is 6.16. The molecule has 0 spiro atoms. The Morgan fingerprint density at radius 3 is 2.83 bits per heavy atom. The minimum atomic E-state index is -0.767. The Balaban J connectivity index is 1.67. The highest BCUT2D eigenvalue weighted by Gasteiger charge is 2.31. The SMILES string of the molecule is CCOc1cc2c(cc1NC(=O)NCC1(C)OCCO1)OC(C)C2. The molecule has 1 atom stereocenters. The molecule has 7 nitrogen and oxygen atoms in total. The van der Waals surface area contributed by atoms with Gasteiger partial charge in [0.25, 0.3) is 0 Å². The van der Waals surface area contributed by atoms with Crippen LogP contribution in [0.25, 0.3) is 0 Å². The zero-order chi connectivity index (χ0) is 17.2. The van der Waals surface area contributed by atoms with Gasteiger partial charge in [-0.15, -0.1) is 0 Å². The van der Waals surface area contributed by atoms with Crippen molar-refractivity contribution in [1.82, 2.24) is 5.32 Å². The highest BCUT2D eigenvalue weighted by molar-refractivity contribution is 5.91. The summed E-state index contributed by atoms with van der Waals surface area (Å²) in [5, 5.41) is 5.58. The second kappa shape index (κ2) is 6.86. The molecule has 0 aliphatic carbocycles. The average molecular weight is 336 g/mol. The first kappa shape index (κ1) is 16.9. The number of urea groups is 1. The normalized spacial score (nSPS) is 21.0. The van der Waals surface area contributed by atoms with Gasteiger partial charge in [0.1, 0.15) is 17.6 Å². The Bertz CT molecular complexity index is 613. The fourth-order valence-corrected chi connectivity index (χ4v) is 2.88. The van der Waals surface area contributed by atoms with Crippen LogP contribution in [0.5, 0.6) is 11.5 Å². The van der Waals surface area contributed by atoms with Crippen LogP contribution >= 0.6 is 0 Å². The van der Waals surface area contributed by atoms with Crippen LogP contribution in [0.3, 0.4) is 0 Å². The Hall–Kier alpha value is -1.99. The number of amides is 2. The van der Waals surface area contributed by atoms with Crippen LogP contribution in [0.2, 0.25) is 0 Å². The highest BCUT2D eigenvalue weighted by Crippen LogP contribution is 2.38. The third-order valence-electron chi connectivity index (χ3n) is 4.01. The number of rotatable bonds is 5. The summed E-state index contributed by atoms with van der Waals surface area (Å²) in [7, 11) is 0. The van der Waals surface area contributed by atoms with E-state index in [0.717, 1.165) is 17.7 Å². The van der Waals surface area contributed by atoms with E-state index in [4.69, 9.17) is 18.9 Å². The molecule has 0 radical (unpaired) electrons. The molecule has 0 saturated carbocycles. The fourth-order valence-electron chi connectivity index (χ4n) is 2.88. The number of fused-ring (bicyclic) bond motifs is 1. The van der Waals surface area contributed by atoms with Gasteiger partial charge in [-0.1, -0.05) is 0 Å². The van der Waals surface area contributed by atoms with Gasteiger partial charge in [-0.05, 0) is 26.8 Å². The van der Waals surface area contributed by atoms with E-state index in [1.54, 1.807) is 6.92 Å². The lowest BCUT2D eigenvalue weighted by molar-refractivity contribution is -0.136. The molecule has 1 fully saturated rings. The molecule has 2 aliphatic rings. The van der Waals surface area contributed by atoms with Crippen molar-refractivity contribution in [2.75, 3.05) is 31.7 Å². The van der Waals surface area contributed by atoms with E-state index in [1.807, 2.05) is 26.0 Å². The maximum atomic E-state index is 12.2. The molecule has 2 amide bonds. The van der Waals surface area contributed by atoms with Gasteiger partial charge < -0.3 is 29.6 Å². The molecule has 1 aromatic carbocycles. The molecule has 24 heavy (non-hydrogen) atoms. The molecule has 7 heteroatoms. The Labute approximate surface area is 141 Å². The summed E-state index contributed by atoms with van der Waals surface area (Å²) in [5.41, 5.74) is 1.68. The Kier molecular flexibility index (Phi) is 4.82. The van der Waals surface area contributed by atoms with Crippen LogP contribution in [0.15, 0.2) is 12.1 Å². The van der Waals surface area contributed by atoms with E-state index in [1.165, 1.54) is 0 Å². The summed E-state index contributed by atoms with van der Waals surface area (Å²) in [4.78, 5) is 12.2. The topological polar surface area (TPSA) is 78.1 Å². The third-order valence-corrected chi connectivity index (χ3v) is 4.01. The number of carbonyl (C=O) groups excluding carboxylic acids is 1. The predicted octanol–water partition coefficient (Wildman–Crippen LogP) is 2.29. The van der Waals surface area contributed by atoms with Gasteiger partial charge in [-0.2, -0.15) is 0 Å². The van der Waals surface area contributed by atoms with Gasteiger partial charge in [-0.3, -0.25) is 0 Å². The zero-order valence-electron chi connectivity index (χ0n) is 14.3. The Morgan fingerprint density at radius 1 is 1.38 bits per heavy atom. The number of hydrogen-bond acceptors (Lipinski definition) is 5. The van der Waals surface area contributed by atoms with Crippen molar-refractivity contribution in [3.63, 3.8) is 0 Å². The summed E-state index contributed by atoms with van der Waals surface area (Å²) in [6.45, 7) is 7.58. The maximum Gasteiger partial charge on any atom is 0.319 e. The zero-order valence-corrected chi connectivity index (χ0v) is 14.3. The number of carbonyl (C=O) groups is 1. The lowest BCUT2D eigenvalue weighted by Crippen LogP contribution is -2.43.